The van der Waals surface area contributed by atoms with Crippen LogP contribution in [0.5, 0.6) is 0 Å². The van der Waals surface area contributed by atoms with Gasteiger partial charge in [0.1, 0.15) is 0 Å². The molecule has 1 amide bonds. The van der Waals surface area contributed by atoms with Gasteiger partial charge in [-0.1, -0.05) is 54.4 Å². The number of nitrogens with zero attached hydrogens (tertiary/aromatic N) is 1. The van der Waals surface area contributed by atoms with Gasteiger partial charge in [-0.05, 0) is 67.5 Å². The van der Waals surface area contributed by atoms with Crippen molar-refractivity contribution in [3.63, 3.8) is 0 Å². The van der Waals surface area contributed by atoms with E-state index in [1.165, 1.54) is 0 Å². The second kappa shape index (κ2) is 9.28. The number of carbonyl (C=O) groups excluding carboxylic acids is 1. The van der Waals surface area contributed by atoms with Gasteiger partial charge in [0.2, 0.25) is 5.91 Å². The second-order valence-electron chi connectivity index (χ2n) is 9.77. The van der Waals surface area contributed by atoms with E-state index in [4.69, 9.17) is 23.2 Å². The highest BCUT2D eigenvalue weighted by Gasteiger charge is 2.55. The molecule has 2 aromatic carbocycles. The van der Waals surface area contributed by atoms with E-state index in [9.17, 15) is 19.8 Å². The summed E-state index contributed by atoms with van der Waals surface area (Å²) < 4.78 is 0. The van der Waals surface area contributed by atoms with Gasteiger partial charge in [-0.25, -0.2) is 0 Å². The minimum absolute atomic E-state index is 0.191. The van der Waals surface area contributed by atoms with E-state index < -0.39 is 23.5 Å². The number of hydrogen-bond acceptors (Lipinski definition) is 3. The molecule has 176 valence electrons. The first-order valence-corrected chi connectivity index (χ1v) is 12.1. The molecular weight excluding hydrogens is 461 g/mol. The molecule has 0 aromatic heterocycles. The second-order valence-corrected chi connectivity index (χ2v) is 10.6. The fraction of sp³-hybridized carbons (Fsp3) is 0.462. The van der Waals surface area contributed by atoms with E-state index in [1.54, 1.807) is 36.9 Å². The van der Waals surface area contributed by atoms with Crippen LogP contribution in [-0.2, 0) is 9.59 Å². The van der Waals surface area contributed by atoms with Gasteiger partial charge in [-0.3, -0.25) is 9.59 Å². The molecule has 0 bridgehead atoms. The Bertz CT molecular complexity index is 1030. The molecule has 2 N–H and O–H groups in total. The average Bonchev–Trinajstić information content (AvgIpc) is 3.56. The van der Waals surface area contributed by atoms with Crippen molar-refractivity contribution in [2.45, 2.75) is 63.6 Å². The van der Waals surface area contributed by atoms with Gasteiger partial charge in [0.25, 0.3) is 0 Å². The van der Waals surface area contributed by atoms with Gasteiger partial charge < -0.3 is 15.1 Å². The number of aliphatic hydroxyl groups excluding tert-OH is 1. The van der Waals surface area contributed by atoms with Crippen molar-refractivity contribution < 1.29 is 19.8 Å². The van der Waals surface area contributed by atoms with E-state index in [2.05, 4.69) is 0 Å². The van der Waals surface area contributed by atoms with Gasteiger partial charge in [0.05, 0.1) is 30.0 Å². The number of aliphatic hydroxyl groups is 1. The van der Waals surface area contributed by atoms with Crippen molar-refractivity contribution in [1.29, 1.82) is 0 Å². The molecule has 4 rings (SSSR count). The number of aliphatic carboxylic acids is 1. The fourth-order valence-electron chi connectivity index (χ4n) is 5.50. The molecule has 7 heteroatoms. The van der Waals surface area contributed by atoms with Crippen LogP contribution in [0.3, 0.4) is 0 Å². The summed E-state index contributed by atoms with van der Waals surface area (Å²) in [6.07, 6.45) is 1.21. The molecule has 2 fully saturated rings. The van der Waals surface area contributed by atoms with Crippen molar-refractivity contribution in [2.75, 3.05) is 0 Å². The molecule has 5 nitrogen and oxygen atoms in total. The van der Waals surface area contributed by atoms with Crippen LogP contribution in [0.4, 0.5) is 0 Å². The summed E-state index contributed by atoms with van der Waals surface area (Å²) in [5.41, 5.74) is 0.738. The van der Waals surface area contributed by atoms with Crippen molar-refractivity contribution >= 4 is 35.1 Å². The predicted octanol–water partition coefficient (Wildman–Crippen LogP) is 5.69. The number of rotatable bonds is 7. The van der Waals surface area contributed by atoms with Crippen LogP contribution in [0.25, 0.3) is 0 Å². The summed E-state index contributed by atoms with van der Waals surface area (Å²) in [4.78, 5) is 27.7. The third-order valence-corrected chi connectivity index (χ3v) is 7.54. The van der Waals surface area contributed by atoms with E-state index in [0.717, 1.165) is 24.0 Å². The number of piperidine rings is 1. The molecule has 33 heavy (non-hydrogen) atoms. The van der Waals surface area contributed by atoms with E-state index in [1.807, 2.05) is 30.3 Å². The number of carbonyl (C=O) groups is 2. The smallest absolute Gasteiger partial charge is 0.304 e. The number of halogens is 2. The third-order valence-electron chi connectivity index (χ3n) is 7.05. The Balaban J connectivity index is 1.92. The number of amides is 1. The minimum atomic E-state index is -1.11. The highest BCUT2D eigenvalue weighted by atomic mass is 35.5. The van der Waals surface area contributed by atoms with Crippen molar-refractivity contribution in [1.82, 2.24) is 4.90 Å². The maximum atomic E-state index is 14.1. The summed E-state index contributed by atoms with van der Waals surface area (Å²) in [6, 6.07) is 14.2. The summed E-state index contributed by atoms with van der Waals surface area (Å²) in [5, 5.41) is 21.6. The molecule has 1 aliphatic carbocycles. The summed E-state index contributed by atoms with van der Waals surface area (Å²) >= 11 is 12.5. The van der Waals surface area contributed by atoms with E-state index in [-0.39, 0.29) is 30.2 Å². The lowest BCUT2D eigenvalue weighted by molar-refractivity contribution is -0.164. The van der Waals surface area contributed by atoms with Gasteiger partial charge in [-0.2, -0.15) is 0 Å². The minimum Gasteiger partial charge on any atom is -0.481 e. The molecule has 0 spiro atoms. The maximum absolute atomic E-state index is 14.1. The van der Waals surface area contributed by atoms with Crippen LogP contribution in [0.2, 0.25) is 10.0 Å². The standard InChI is InChI=1S/C26H29Cl2NO4/c1-15(30)23(16-6-7-16)29-24(17-8-10-19(27)11-9-17)21(18-4-3-5-20(28)12-18)13-26(2,25(29)33)14-22(31)32/h3-5,8-12,15-16,21,23-24,30H,6-7,13-14H2,1-2H3,(H,31,32)/t15-,21-,23-,24-,26?/m1/s1. The molecular formula is C26H29Cl2NO4. The first kappa shape index (κ1) is 24.1. The van der Waals surface area contributed by atoms with Crippen molar-refractivity contribution in [3.05, 3.63) is 69.7 Å². The molecule has 1 saturated heterocycles. The number of carboxylic acid groups (broad SMARTS) is 1. The lowest BCUT2D eigenvalue weighted by Gasteiger charge is -2.52. The number of carboxylic acids is 1. The molecule has 2 aromatic rings. The van der Waals surface area contributed by atoms with E-state index >= 15 is 0 Å². The fourth-order valence-corrected chi connectivity index (χ4v) is 5.82. The zero-order chi connectivity index (χ0) is 23.9. The summed E-state index contributed by atoms with van der Waals surface area (Å²) in [5.74, 6) is -1.25. The van der Waals surface area contributed by atoms with Gasteiger partial charge >= 0.3 is 5.97 Å². The van der Waals surface area contributed by atoms with Gasteiger partial charge in [-0.15, -0.1) is 0 Å². The largest absolute Gasteiger partial charge is 0.481 e. The van der Waals surface area contributed by atoms with Crippen molar-refractivity contribution in [2.24, 2.45) is 11.3 Å². The Morgan fingerprint density at radius 1 is 1.12 bits per heavy atom. The number of hydrogen-bond donors (Lipinski definition) is 2. The van der Waals surface area contributed by atoms with Gasteiger partial charge in [0, 0.05) is 16.0 Å². The van der Waals surface area contributed by atoms with Crippen LogP contribution < -0.4 is 0 Å². The lowest BCUT2D eigenvalue weighted by Crippen LogP contribution is -2.59. The summed E-state index contributed by atoms with van der Waals surface area (Å²) in [7, 11) is 0. The Morgan fingerprint density at radius 3 is 2.33 bits per heavy atom. The number of benzene rings is 2. The Labute approximate surface area is 204 Å². The van der Waals surface area contributed by atoms with Crippen LogP contribution in [0, 0.1) is 11.3 Å². The Hall–Kier alpha value is -2.08. The zero-order valence-corrected chi connectivity index (χ0v) is 20.3. The lowest BCUT2D eigenvalue weighted by atomic mass is 9.66. The molecule has 0 radical (unpaired) electrons. The van der Waals surface area contributed by atoms with Crippen LogP contribution in [0.1, 0.15) is 62.6 Å². The highest BCUT2D eigenvalue weighted by molar-refractivity contribution is 6.30. The highest BCUT2D eigenvalue weighted by Crippen LogP contribution is 2.54. The molecule has 1 heterocycles. The van der Waals surface area contributed by atoms with Crippen LogP contribution >= 0.6 is 23.2 Å². The predicted molar refractivity (Wildman–Crippen MR) is 128 cm³/mol. The molecule has 2 aliphatic rings. The van der Waals surface area contributed by atoms with Crippen molar-refractivity contribution in [3.8, 4) is 0 Å². The normalized spacial score (nSPS) is 27.3. The zero-order valence-electron chi connectivity index (χ0n) is 18.7. The molecule has 5 atom stereocenters. The molecule has 1 saturated carbocycles. The maximum Gasteiger partial charge on any atom is 0.304 e. The van der Waals surface area contributed by atoms with Crippen LogP contribution in [0.15, 0.2) is 48.5 Å². The topological polar surface area (TPSA) is 77.8 Å². The first-order chi connectivity index (χ1) is 15.6. The third kappa shape index (κ3) is 4.91. The first-order valence-electron chi connectivity index (χ1n) is 11.3. The number of likely N-dealkylation sites (tertiary alicyclic amines) is 1. The molecule has 1 aliphatic heterocycles. The average molecular weight is 490 g/mol. The quantitative estimate of drug-likeness (QED) is 0.523. The Kier molecular flexibility index (Phi) is 6.77. The SMILES string of the molecule is C[C@@H](O)[C@H](C1CC1)N1C(=O)C(C)(CC(=O)O)C[C@H](c2cccc(Cl)c2)[C@H]1c1ccc(Cl)cc1. The van der Waals surface area contributed by atoms with Gasteiger partial charge in [0.15, 0.2) is 0 Å². The van der Waals surface area contributed by atoms with Crippen LogP contribution in [-0.4, -0.2) is 39.1 Å². The summed E-state index contributed by atoms with van der Waals surface area (Å²) in [6.45, 7) is 3.45. The Morgan fingerprint density at radius 2 is 1.79 bits per heavy atom. The van der Waals surface area contributed by atoms with E-state index in [0.29, 0.717) is 16.5 Å². The molecule has 1 unspecified atom stereocenters. The monoisotopic (exact) mass is 489 g/mol.